The van der Waals surface area contributed by atoms with Crippen LogP contribution < -0.4 is 0 Å². The Hall–Kier alpha value is -0.870. The molecule has 0 aliphatic carbocycles. The summed E-state index contributed by atoms with van der Waals surface area (Å²) in [4.78, 5) is 17.0. The van der Waals surface area contributed by atoms with E-state index in [1.54, 1.807) is 4.90 Å². The highest BCUT2D eigenvalue weighted by Gasteiger charge is 2.50. The number of hydrogen-bond acceptors (Lipinski definition) is 3. The van der Waals surface area contributed by atoms with Crippen LogP contribution in [0.2, 0.25) is 0 Å². The molecule has 4 heterocycles. The van der Waals surface area contributed by atoms with Crippen LogP contribution in [0.5, 0.6) is 0 Å². The third-order valence-corrected chi connectivity index (χ3v) is 5.45. The number of aliphatic hydroxyl groups is 1. The van der Waals surface area contributed by atoms with Crippen LogP contribution in [0.3, 0.4) is 0 Å². The quantitative estimate of drug-likeness (QED) is 0.716. The number of carbonyl (C=O) groups is 1. The van der Waals surface area contributed by atoms with Gasteiger partial charge in [0.05, 0.1) is 5.92 Å². The van der Waals surface area contributed by atoms with Gasteiger partial charge in [-0.05, 0) is 38.6 Å². The lowest BCUT2D eigenvalue weighted by atomic mass is 9.73. The smallest absolute Gasteiger partial charge is 0.233 e. The predicted octanol–water partition coefficient (Wildman–Crippen LogP) is 1.32. The van der Waals surface area contributed by atoms with Crippen LogP contribution in [0, 0.1) is 11.8 Å². The zero-order valence-electron chi connectivity index (χ0n) is 11.3. The van der Waals surface area contributed by atoms with Crippen molar-refractivity contribution >= 4 is 5.91 Å². The monoisotopic (exact) mass is 262 g/mol. The van der Waals surface area contributed by atoms with Crippen molar-refractivity contribution in [3.63, 3.8) is 0 Å². The van der Waals surface area contributed by atoms with Crippen molar-refractivity contribution in [2.24, 2.45) is 11.8 Å². The van der Waals surface area contributed by atoms with Crippen molar-refractivity contribution < 1.29 is 9.90 Å². The van der Waals surface area contributed by atoms with E-state index < -0.39 is 6.23 Å². The zero-order valence-corrected chi connectivity index (χ0v) is 11.3. The molecule has 104 valence electrons. The third-order valence-electron chi connectivity index (χ3n) is 5.45. The van der Waals surface area contributed by atoms with E-state index in [0.717, 1.165) is 38.0 Å². The maximum absolute atomic E-state index is 12.7. The molecular weight excluding hydrogens is 240 g/mol. The van der Waals surface area contributed by atoms with Gasteiger partial charge < -0.3 is 5.11 Å². The fraction of sp³-hybridized carbons (Fsp3) is 0.800. The Morgan fingerprint density at radius 3 is 3.05 bits per heavy atom. The van der Waals surface area contributed by atoms with E-state index in [4.69, 9.17) is 0 Å². The number of aliphatic hydroxyl groups excluding tert-OH is 1. The maximum Gasteiger partial charge on any atom is 0.233 e. The van der Waals surface area contributed by atoms with E-state index in [0.29, 0.717) is 18.4 Å². The summed E-state index contributed by atoms with van der Waals surface area (Å²) in [5, 5.41) is 10.2. The topological polar surface area (TPSA) is 43.8 Å². The molecule has 4 nitrogen and oxygen atoms in total. The van der Waals surface area contributed by atoms with Crippen molar-refractivity contribution in [2.75, 3.05) is 13.1 Å². The minimum absolute atomic E-state index is 0.129. The second-order valence-electron chi connectivity index (χ2n) is 6.49. The highest BCUT2D eigenvalue weighted by molar-refractivity contribution is 5.83. The van der Waals surface area contributed by atoms with E-state index in [1.165, 1.54) is 12.8 Å². The summed E-state index contributed by atoms with van der Waals surface area (Å²) >= 11 is 0. The second kappa shape index (κ2) is 4.32. The van der Waals surface area contributed by atoms with Gasteiger partial charge >= 0.3 is 0 Å². The molecule has 0 saturated carbocycles. The Balaban J connectivity index is 1.70. The van der Waals surface area contributed by atoms with Crippen molar-refractivity contribution in [1.29, 1.82) is 0 Å². The zero-order chi connectivity index (χ0) is 13.0. The van der Waals surface area contributed by atoms with Crippen LogP contribution in [0.4, 0.5) is 0 Å². The number of hydrogen-bond donors (Lipinski definition) is 1. The fourth-order valence-electron chi connectivity index (χ4n) is 4.60. The van der Waals surface area contributed by atoms with E-state index >= 15 is 0 Å². The molecule has 0 aromatic rings. The minimum atomic E-state index is -0.576. The number of piperidine rings is 3. The number of carbonyl (C=O) groups excluding carboxylic acids is 1. The summed E-state index contributed by atoms with van der Waals surface area (Å²) in [6.07, 6.45) is 7.91. The molecule has 0 aromatic heterocycles. The highest BCUT2D eigenvalue weighted by Crippen LogP contribution is 2.44. The Morgan fingerprint density at radius 2 is 2.16 bits per heavy atom. The molecule has 1 N–H and O–H groups in total. The first-order valence-corrected chi connectivity index (χ1v) is 7.71. The summed E-state index contributed by atoms with van der Waals surface area (Å²) in [6.45, 7) is 2.24. The standard InChI is InChI=1S/C15H22N2O2/c18-14-6-3-5-12-10-8-11(15(19)17(12)14)13-4-1-2-7-16(13)9-10/h5,10-11,13-14,18H,1-4,6-9H2/t10-,11+,13-,14+/m1/s1. The Bertz CT molecular complexity index is 434. The van der Waals surface area contributed by atoms with Crippen molar-refractivity contribution in [2.45, 2.75) is 50.8 Å². The fourth-order valence-corrected chi connectivity index (χ4v) is 4.60. The summed E-state index contributed by atoms with van der Waals surface area (Å²) in [7, 11) is 0. The lowest BCUT2D eigenvalue weighted by Gasteiger charge is -2.54. The van der Waals surface area contributed by atoms with Gasteiger partial charge in [0.1, 0.15) is 6.23 Å². The summed E-state index contributed by atoms with van der Waals surface area (Å²) in [6, 6.07) is 0.438. The molecule has 0 radical (unpaired) electrons. The third kappa shape index (κ3) is 1.69. The Labute approximate surface area is 114 Å². The van der Waals surface area contributed by atoms with Crippen molar-refractivity contribution in [3.8, 4) is 0 Å². The molecule has 19 heavy (non-hydrogen) atoms. The van der Waals surface area contributed by atoms with Crippen molar-refractivity contribution in [3.05, 3.63) is 11.8 Å². The van der Waals surface area contributed by atoms with Gasteiger partial charge in [-0.25, -0.2) is 0 Å². The average Bonchev–Trinajstić information content (AvgIpc) is 2.44. The number of amides is 1. The lowest BCUT2D eigenvalue weighted by Crippen LogP contribution is -2.62. The van der Waals surface area contributed by atoms with Gasteiger partial charge in [-0.15, -0.1) is 0 Å². The van der Waals surface area contributed by atoms with Crippen LogP contribution in [0.15, 0.2) is 11.8 Å². The molecule has 1 amide bonds. The molecule has 0 unspecified atom stereocenters. The SMILES string of the molecule is O=C1[C@H]2C[C@H](CN3CCCC[C@H]23)C2=CCC[C@H](O)N12. The molecule has 4 aliphatic rings. The van der Waals surface area contributed by atoms with E-state index in [9.17, 15) is 9.90 Å². The van der Waals surface area contributed by atoms with Crippen LogP contribution >= 0.6 is 0 Å². The molecule has 4 aliphatic heterocycles. The average molecular weight is 262 g/mol. The molecule has 3 saturated heterocycles. The first-order valence-electron chi connectivity index (χ1n) is 7.71. The van der Waals surface area contributed by atoms with Gasteiger partial charge in [0.25, 0.3) is 0 Å². The van der Waals surface area contributed by atoms with Gasteiger partial charge in [0, 0.05) is 24.2 Å². The van der Waals surface area contributed by atoms with E-state index in [1.807, 2.05) is 0 Å². The molecule has 0 aromatic carbocycles. The minimum Gasteiger partial charge on any atom is -0.373 e. The van der Waals surface area contributed by atoms with Crippen molar-refractivity contribution in [1.82, 2.24) is 9.80 Å². The largest absolute Gasteiger partial charge is 0.373 e. The number of nitrogens with zero attached hydrogens (tertiary/aromatic N) is 2. The van der Waals surface area contributed by atoms with Crippen LogP contribution in [-0.4, -0.2) is 46.2 Å². The second-order valence-corrected chi connectivity index (χ2v) is 6.49. The molecule has 4 heteroatoms. The van der Waals surface area contributed by atoms with Gasteiger partial charge in [0.15, 0.2) is 0 Å². The van der Waals surface area contributed by atoms with Crippen LogP contribution in [0.25, 0.3) is 0 Å². The number of fused-ring (bicyclic) bond motifs is 6. The van der Waals surface area contributed by atoms with Gasteiger partial charge in [-0.3, -0.25) is 14.6 Å². The summed E-state index contributed by atoms with van der Waals surface area (Å²) < 4.78 is 0. The molecule has 3 fully saturated rings. The van der Waals surface area contributed by atoms with Crippen LogP contribution in [0.1, 0.15) is 38.5 Å². The number of rotatable bonds is 0. The lowest BCUT2D eigenvalue weighted by molar-refractivity contribution is -0.157. The van der Waals surface area contributed by atoms with Gasteiger partial charge in [0.2, 0.25) is 5.91 Å². The molecule has 2 bridgehead atoms. The normalized spacial score (nSPS) is 42.5. The van der Waals surface area contributed by atoms with Gasteiger partial charge in [-0.2, -0.15) is 0 Å². The first kappa shape index (κ1) is 11.9. The summed E-state index contributed by atoms with van der Waals surface area (Å²) in [5.41, 5.74) is 1.11. The van der Waals surface area contributed by atoms with E-state index in [2.05, 4.69) is 11.0 Å². The van der Waals surface area contributed by atoms with Crippen LogP contribution in [-0.2, 0) is 4.79 Å². The molecule has 4 atom stereocenters. The molecule has 4 rings (SSSR count). The molecular formula is C15H22N2O2. The first-order chi connectivity index (χ1) is 9.25. The molecule has 0 spiro atoms. The van der Waals surface area contributed by atoms with Gasteiger partial charge in [-0.1, -0.05) is 12.5 Å². The maximum atomic E-state index is 12.7. The number of allylic oxidation sites excluding steroid dienone is 1. The Kier molecular flexibility index (Phi) is 2.71. The summed E-state index contributed by atoms with van der Waals surface area (Å²) in [5.74, 6) is 0.780. The Morgan fingerprint density at radius 1 is 1.26 bits per heavy atom. The predicted molar refractivity (Wildman–Crippen MR) is 71.0 cm³/mol. The van der Waals surface area contributed by atoms with E-state index in [-0.39, 0.29) is 11.8 Å². The highest BCUT2D eigenvalue weighted by atomic mass is 16.3.